The number of nitrogens with zero attached hydrogens (tertiary/aromatic N) is 2. The van der Waals surface area contributed by atoms with E-state index in [1.54, 1.807) is 19.1 Å². The zero-order valence-electron chi connectivity index (χ0n) is 11.6. The zero-order chi connectivity index (χ0) is 15.0. The Bertz CT molecular complexity index is 465. The van der Waals surface area contributed by atoms with Crippen molar-refractivity contribution in [3.63, 3.8) is 0 Å². The molecule has 1 aromatic carbocycles. The molecule has 0 saturated heterocycles. The molecule has 0 aliphatic rings. The second-order valence-corrected chi connectivity index (χ2v) is 4.86. The van der Waals surface area contributed by atoms with Crippen LogP contribution >= 0.6 is 0 Å². The molecular formula is C15H20N2O3. The molecule has 1 atom stereocenters. The van der Waals surface area contributed by atoms with Gasteiger partial charge in [-0.05, 0) is 24.1 Å². The molecule has 0 fully saturated rings. The minimum atomic E-state index is -0.821. The van der Waals surface area contributed by atoms with Gasteiger partial charge in [0.2, 0.25) is 0 Å². The number of rotatable bonds is 8. The topological polar surface area (TPSA) is 84.6 Å². The highest BCUT2D eigenvalue weighted by atomic mass is 16.4. The van der Waals surface area contributed by atoms with Crippen molar-refractivity contribution in [3.05, 3.63) is 35.4 Å². The summed E-state index contributed by atoms with van der Waals surface area (Å²) < 4.78 is 0. The number of carbonyl (C=O) groups is 1. The van der Waals surface area contributed by atoms with Gasteiger partial charge in [0.1, 0.15) is 0 Å². The van der Waals surface area contributed by atoms with Crippen molar-refractivity contribution in [2.24, 2.45) is 5.92 Å². The summed E-state index contributed by atoms with van der Waals surface area (Å²) in [5.41, 5.74) is 1.63. The molecule has 0 aromatic heterocycles. The fraction of sp³-hybridized carbons (Fsp3) is 0.467. The molecule has 1 rings (SSSR count). The van der Waals surface area contributed by atoms with Gasteiger partial charge in [-0.3, -0.25) is 9.69 Å². The van der Waals surface area contributed by atoms with Crippen LogP contribution in [-0.4, -0.2) is 40.8 Å². The van der Waals surface area contributed by atoms with E-state index in [1.165, 1.54) is 0 Å². The Balaban J connectivity index is 2.67. The Morgan fingerprint density at radius 3 is 2.55 bits per heavy atom. The van der Waals surface area contributed by atoms with Crippen LogP contribution in [0.2, 0.25) is 0 Å². The minimum absolute atomic E-state index is 0.0886. The van der Waals surface area contributed by atoms with E-state index in [-0.39, 0.29) is 6.61 Å². The van der Waals surface area contributed by atoms with Crippen molar-refractivity contribution in [2.75, 3.05) is 19.7 Å². The van der Waals surface area contributed by atoms with E-state index in [0.717, 1.165) is 5.56 Å². The molecule has 5 nitrogen and oxygen atoms in total. The second kappa shape index (κ2) is 8.31. The molecule has 0 aliphatic heterocycles. The highest BCUT2D eigenvalue weighted by Crippen LogP contribution is 2.10. The van der Waals surface area contributed by atoms with Gasteiger partial charge in [-0.15, -0.1) is 0 Å². The molecule has 108 valence electrons. The van der Waals surface area contributed by atoms with Crippen LogP contribution in [-0.2, 0) is 11.3 Å². The van der Waals surface area contributed by atoms with Crippen molar-refractivity contribution < 1.29 is 15.0 Å². The molecule has 0 spiro atoms. The summed E-state index contributed by atoms with van der Waals surface area (Å²) in [5.74, 6) is -1.27. The molecule has 0 aliphatic carbocycles. The van der Waals surface area contributed by atoms with Crippen LogP contribution in [0.1, 0.15) is 24.5 Å². The number of hydrogen-bond acceptors (Lipinski definition) is 4. The Kier molecular flexibility index (Phi) is 6.71. The lowest BCUT2D eigenvalue weighted by Crippen LogP contribution is -2.32. The lowest BCUT2D eigenvalue weighted by Gasteiger charge is -2.24. The van der Waals surface area contributed by atoms with Crippen molar-refractivity contribution in [2.45, 2.75) is 19.9 Å². The van der Waals surface area contributed by atoms with E-state index in [4.69, 9.17) is 15.5 Å². The summed E-state index contributed by atoms with van der Waals surface area (Å²) in [6.07, 6.45) is 0.614. The van der Waals surface area contributed by atoms with Crippen LogP contribution in [0.4, 0.5) is 0 Å². The molecule has 2 N–H and O–H groups in total. The molecular weight excluding hydrogens is 256 g/mol. The average molecular weight is 276 g/mol. The molecule has 1 unspecified atom stereocenters. The van der Waals surface area contributed by atoms with Crippen LogP contribution in [0.5, 0.6) is 0 Å². The monoisotopic (exact) mass is 276 g/mol. The maximum absolute atomic E-state index is 10.9. The third-order valence-electron chi connectivity index (χ3n) is 3.08. The number of aliphatic hydroxyl groups is 1. The van der Waals surface area contributed by atoms with E-state index in [2.05, 4.69) is 6.07 Å². The lowest BCUT2D eigenvalue weighted by atomic mass is 10.1. The van der Waals surface area contributed by atoms with Crippen molar-refractivity contribution >= 4 is 5.97 Å². The van der Waals surface area contributed by atoms with E-state index in [9.17, 15) is 4.79 Å². The van der Waals surface area contributed by atoms with Gasteiger partial charge in [-0.25, -0.2) is 0 Å². The summed E-state index contributed by atoms with van der Waals surface area (Å²) in [5, 5.41) is 26.6. The predicted octanol–water partition coefficient (Wildman–Crippen LogP) is 1.46. The lowest BCUT2D eigenvalue weighted by molar-refractivity contribution is -0.141. The zero-order valence-corrected chi connectivity index (χ0v) is 11.6. The number of aliphatic carboxylic acids is 1. The Morgan fingerprint density at radius 2 is 2.05 bits per heavy atom. The van der Waals surface area contributed by atoms with Gasteiger partial charge in [0.05, 0.1) is 17.6 Å². The maximum Gasteiger partial charge on any atom is 0.307 e. The van der Waals surface area contributed by atoms with Gasteiger partial charge in [0.25, 0.3) is 0 Å². The van der Waals surface area contributed by atoms with Crippen molar-refractivity contribution in [1.29, 1.82) is 5.26 Å². The van der Waals surface area contributed by atoms with Gasteiger partial charge in [0.15, 0.2) is 0 Å². The molecule has 0 radical (unpaired) electrons. The van der Waals surface area contributed by atoms with E-state index < -0.39 is 11.9 Å². The largest absolute Gasteiger partial charge is 0.481 e. The summed E-state index contributed by atoms with van der Waals surface area (Å²) >= 11 is 0. The molecule has 0 heterocycles. The van der Waals surface area contributed by atoms with Crippen molar-refractivity contribution in [3.8, 4) is 6.07 Å². The third kappa shape index (κ3) is 5.39. The van der Waals surface area contributed by atoms with Crippen LogP contribution in [0.15, 0.2) is 24.3 Å². The van der Waals surface area contributed by atoms with Crippen LogP contribution in [0, 0.1) is 17.2 Å². The first-order valence-electron chi connectivity index (χ1n) is 6.62. The predicted molar refractivity (Wildman–Crippen MR) is 74.9 cm³/mol. The summed E-state index contributed by atoms with van der Waals surface area (Å²) in [6.45, 7) is 3.46. The first-order chi connectivity index (χ1) is 9.56. The van der Waals surface area contributed by atoms with Gasteiger partial charge in [-0.2, -0.15) is 5.26 Å². The average Bonchev–Trinajstić information content (AvgIpc) is 2.45. The van der Waals surface area contributed by atoms with Crippen LogP contribution in [0.25, 0.3) is 0 Å². The number of hydrogen-bond donors (Lipinski definition) is 2. The maximum atomic E-state index is 10.9. The van der Waals surface area contributed by atoms with Gasteiger partial charge in [-0.1, -0.05) is 19.1 Å². The summed E-state index contributed by atoms with van der Waals surface area (Å²) in [6, 6.07) is 9.31. The highest BCUT2D eigenvalue weighted by Gasteiger charge is 2.16. The SMILES string of the molecule is CC(CN(CCCO)Cc1ccc(C#N)cc1)C(=O)O. The fourth-order valence-corrected chi connectivity index (χ4v) is 1.94. The van der Waals surface area contributed by atoms with E-state index in [1.807, 2.05) is 17.0 Å². The van der Waals surface area contributed by atoms with Crippen LogP contribution < -0.4 is 0 Å². The minimum Gasteiger partial charge on any atom is -0.481 e. The Hall–Kier alpha value is -1.90. The van der Waals surface area contributed by atoms with Gasteiger partial charge >= 0.3 is 5.97 Å². The van der Waals surface area contributed by atoms with Gasteiger partial charge in [0, 0.05) is 26.2 Å². The van der Waals surface area contributed by atoms with Gasteiger partial charge < -0.3 is 10.2 Å². The summed E-state index contributed by atoms with van der Waals surface area (Å²) in [7, 11) is 0. The third-order valence-corrected chi connectivity index (χ3v) is 3.08. The Morgan fingerprint density at radius 1 is 1.40 bits per heavy atom. The molecule has 1 aromatic rings. The smallest absolute Gasteiger partial charge is 0.307 e. The summed E-state index contributed by atoms with van der Waals surface area (Å²) in [4.78, 5) is 12.9. The number of carboxylic acids is 1. The number of aliphatic hydroxyl groups excluding tert-OH is 1. The van der Waals surface area contributed by atoms with E-state index >= 15 is 0 Å². The molecule has 0 saturated carbocycles. The number of nitriles is 1. The molecule has 0 amide bonds. The number of benzene rings is 1. The first kappa shape index (κ1) is 16.2. The van der Waals surface area contributed by atoms with Crippen LogP contribution in [0.3, 0.4) is 0 Å². The van der Waals surface area contributed by atoms with E-state index in [0.29, 0.717) is 31.6 Å². The van der Waals surface area contributed by atoms with Crippen molar-refractivity contribution in [1.82, 2.24) is 4.90 Å². The fourth-order valence-electron chi connectivity index (χ4n) is 1.94. The Labute approximate surface area is 119 Å². The standard InChI is InChI=1S/C15H20N2O3/c1-12(15(19)20)10-17(7-2-8-18)11-14-5-3-13(9-16)4-6-14/h3-6,12,18H,2,7-8,10-11H2,1H3,(H,19,20). The first-order valence-corrected chi connectivity index (χ1v) is 6.62. The highest BCUT2D eigenvalue weighted by molar-refractivity contribution is 5.69. The number of carboxylic acid groups (broad SMARTS) is 1. The molecule has 5 heteroatoms. The second-order valence-electron chi connectivity index (χ2n) is 4.86. The molecule has 20 heavy (non-hydrogen) atoms. The molecule has 0 bridgehead atoms. The quantitative estimate of drug-likeness (QED) is 0.751. The normalized spacial score (nSPS) is 12.1.